The van der Waals surface area contributed by atoms with Crippen LogP contribution >= 0.6 is 0 Å². The second kappa shape index (κ2) is 6.57. The summed E-state index contributed by atoms with van der Waals surface area (Å²) in [6.07, 6.45) is 1.54. The number of hydrogen-bond donors (Lipinski definition) is 2. The lowest BCUT2D eigenvalue weighted by Gasteiger charge is -2.36. The summed E-state index contributed by atoms with van der Waals surface area (Å²) in [7, 11) is 0. The zero-order valence-corrected chi connectivity index (χ0v) is 13.6. The van der Waals surface area contributed by atoms with Crippen molar-refractivity contribution in [3.05, 3.63) is 29.8 Å². The minimum absolute atomic E-state index is 0.120. The SMILES string of the molecule is CC(C)(C)OC(=O)N1CCCC(C(N)c2ccccc2O)C1. The normalized spacial score (nSPS) is 20.5. The average Bonchev–Trinajstić information content (AvgIpc) is 2.45. The van der Waals surface area contributed by atoms with E-state index >= 15 is 0 Å². The van der Waals surface area contributed by atoms with Gasteiger partial charge in [-0.1, -0.05) is 18.2 Å². The van der Waals surface area contributed by atoms with Crippen molar-refractivity contribution in [2.45, 2.75) is 45.3 Å². The minimum Gasteiger partial charge on any atom is -0.508 e. The third-order valence-corrected chi connectivity index (χ3v) is 3.91. The fraction of sp³-hybridized carbons (Fsp3) is 0.588. The van der Waals surface area contributed by atoms with Crippen LogP contribution < -0.4 is 5.73 Å². The van der Waals surface area contributed by atoms with Crippen LogP contribution in [0.1, 0.15) is 45.2 Å². The molecule has 1 aromatic rings. The van der Waals surface area contributed by atoms with Crippen molar-refractivity contribution in [3.63, 3.8) is 0 Å². The van der Waals surface area contributed by atoms with Crippen LogP contribution in [0.15, 0.2) is 24.3 Å². The van der Waals surface area contributed by atoms with Crippen LogP contribution in [0, 0.1) is 5.92 Å². The van der Waals surface area contributed by atoms with Crippen LogP contribution in [0.25, 0.3) is 0 Å². The summed E-state index contributed by atoms with van der Waals surface area (Å²) in [5, 5.41) is 9.95. The van der Waals surface area contributed by atoms with Crippen LogP contribution in [0.4, 0.5) is 4.79 Å². The van der Waals surface area contributed by atoms with Gasteiger partial charge in [0.1, 0.15) is 11.4 Å². The van der Waals surface area contributed by atoms with Crippen molar-refractivity contribution in [1.82, 2.24) is 4.90 Å². The number of carbonyl (C=O) groups is 1. The molecule has 1 heterocycles. The minimum atomic E-state index is -0.496. The number of ether oxygens (including phenoxy) is 1. The molecule has 0 bridgehead atoms. The molecule has 1 amide bonds. The molecule has 0 spiro atoms. The largest absolute Gasteiger partial charge is 0.508 e. The Bertz CT molecular complexity index is 525. The zero-order valence-electron chi connectivity index (χ0n) is 13.6. The van der Waals surface area contributed by atoms with Crippen LogP contribution in [0.5, 0.6) is 5.75 Å². The maximum absolute atomic E-state index is 12.2. The first-order valence-electron chi connectivity index (χ1n) is 7.79. The zero-order chi connectivity index (χ0) is 16.3. The Labute approximate surface area is 132 Å². The number of carbonyl (C=O) groups excluding carboxylic acids is 1. The van der Waals surface area contributed by atoms with Crippen molar-refractivity contribution >= 4 is 6.09 Å². The predicted octanol–water partition coefficient (Wildman–Crippen LogP) is 3.04. The predicted molar refractivity (Wildman–Crippen MR) is 85.6 cm³/mol. The molecule has 1 saturated heterocycles. The van der Waals surface area contributed by atoms with Gasteiger partial charge in [-0.05, 0) is 45.6 Å². The van der Waals surface area contributed by atoms with E-state index in [0.717, 1.165) is 18.4 Å². The molecule has 0 radical (unpaired) electrons. The van der Waals surface area contributed by atoms with Gasteiger partial charge in [0.2, 0.25) is 0 Å². The number of rotatable bonds is 2. The maximum atomic E-state index is 12.2. The third-order valence-electron chi connectivity index (χ3n) is 3.91. The van der Waals surface area contributed by atoms with Gasteiger partial charge < -0.3 is 20.5 Å². The molecule has 2 unspecified atom stereocenters. The lowest BCUT2D eigenvalue weighted by atomic mass is 9.87. The molecule has 1 aliphatic heterocycles. The number of hydrogen-bond acceptors (Lipinski definition) is 4. The Morgan fingerprint density at radius 1 is 1.41 bits per heavy atom. The summed E-state index contributed by atoms with van der Waals surface area (Å²) < 4.78 is 5.43. The van der Waals surface area contributed by atoms with Crippen LogP contribution in [-0.4, -0.2) is 34.8 Å². The molecule has 0 aromatic heterocycles. The molecule has 122 valence electrons. The quantitative estimate of drug-likeness (QED) is 0.880. The Balaban J connectivity index is 2.04. The summed E-state index contributed by atoms with van der Waals surface area (Å²) in [5.41, 5.74) is 6.56. The maximum Gasteiger partial charge on any atom is 0.410 e. The molecule has 1 aliphatic rings. The molecule has 0 aliphatic carbocycles. The molecule has 5 heteroatoms. The highest BCUT2D eigenvalue weighted by Crippen LogP contribution is 2.32. The molecule has 1 aromatic carbocycles. The van der Waals surface area contributed by atoms with Crippen LogP contribution in [0.3, 0.4) is 0 Å². The Hall–Kier alpha value is -1.75. The molecule has 3 N–H and O–H groups in total. The van der Waals surface area contributed by atoms with Gasteiger partial charge in [-0.25, -0.2) is 4.79 Å². The molecule has 0 saturated carbocycles. The summed E-state index contributed by atoms with van der Waals surface area (Å²) in [6, 6.07) is 6.84. The van der Waals surface area contributed by atoms with E-state index in [-0.39, 0.29) is 23.8 Å². The van der Waals surface area contributed by atoms with Gasteiger partial charge in [-0.2, -0.15) is 0 Å². The molecular weight excluding hydrogens is 280 g/mol. The smallest absolute Gasteiger partial charge is 0.410 e. The molecule has 22 heavy (non-hydrogen) atoms. The van der Waals surface area contributed by atoms with Gasteiger partial charge >= 0.3 is 6.09 Å². The van der Waals surface area contributed by atoms with E-state index in [2.05, 4.69) is 0 Å². The first-order chi connectivity index (χ1) is 10.3. The number of para-hydroxylation sites is 1. The third kappa shape index (κ3) is 4.13. The second-order valence-corrected chi connectivity index (χ2v) is 6.91. The number of phenols is 1. The highest BCUT2D eigenvalue weighted by molar-refractivity contribution is 5.68. The molecule has 2 rings (SSSR count). The van der Waals surface area contributed by atoms with Crippen molar-refractivity contribution in [2.24, 2.45) is 11.7 Å². The number of benzene rings is 1. The van der Waals surface area contributed by atoms with Crippen molar-refractivity contribution < 1.29 is 14.6 Å². The second-order valence-electron chi connectivity index (χ2n) is 6.91. The van der Waals surface area contributed by atoms with Crippen LogP contribution in [0.2, 0.25) is 0 Å². The highest BCUT2D eigenvalue weighted by Gasteiger charge is 2.31. The lowest BCUT2D eigenvalue weighted by molar-refractivity contribution is 0.0152. The summed E-state index contributed by atoms with van der Waals surface area (Å²) >= 11 is 0. The molecule has 2 atom stereocenters. The number of phenolic OH excluding ortho intramolecular Hbond substituents is 1. The van der Waals surface area contributed by atoms with E-state index in [9.17, 15) is 9.90 Å². The van der Waals surface area contributed by atoms with E-state index < -0.39 is 5.60 Å². The van der Waals surface area contributed by atoms with E-state index in [4.69, 9.17) is 10.5 Å². The van der Waals surface area contributed by atoms with Gasteiger partial charge in [0.15, 0.2) is 0 Å². The van der Waals surface area contributed by atoms with Gasteiger partial charge in [-0.3, -0.25) is 0 Å². The van der Waals surface area contributed by atoms with E-state index in [1.165, 1.54) is 0 Å². The molecular formula is C17H26N2O3. The fourth-order valence-electron chi connectivity index (χ4n) is 2.82. The number of nitrogens with zero attached hydrogens (tertiary/aromatic N) is 1. The Kier molecular flexibility index (Phi) is 4.96. The number of amides is 1. The number of likely N-dealkylation sites (tertiary alicyclic amines) is 1. The molecule has 1 fully saturated rings. The Morgan fingerprint density at radius 2 is 2.09 bits per heavy atom. The standard InChI is InChI=1S/C17H26N2O3/c1-17(2,3)22-16(21)19-10-6-7-12(11-19)15(18)13-8-4-5-9-14(13)20/h4-5,8-9,12,15,20H,6-7,10-11,18H2,1-3H3. The fourth-order valence-corrected chi connectivity index (χ4v) is 2.82. The molecule has 5 nitrogen and oxygen atoms in total. The van der Waals surface area contributed by atoms with E-state index in [1.54, 1.807) is 17.0 Å². The van der Waals surface area contributed by atoms with Gasteiger partial charge in [-0.15, -0.1) is 0 Å². The summed E-state index contributed by atoms with van der Waals surface area (Å²) in [5.74, 6) is 0.332. The highest BCUT2D eigenvalue weighted by atomic mass is 16.6. The number of aromatic hydroxyl groups is 1. The first-order valence-corrected chi connectivity index (χ1v) is 7.79. The van der Waals surface area contributed by atoms with E-state index in [0.29, 0.717) is 13.1 Å². The van der Waals surface area contributed by atoms with Gasteiger partial charge in [0, 0.05) is 24.7 Å². The van der Waals surface area contributed by atoms with Crippen molar-refractivity contribution in [2.75, 3.05) is 13.1 Å². The Morgan fingerprint density at radius 3 is 2.73 bits per heavy atom. The van der Waals surface area contributed by atoms with E-state index in [1.807, 2.05) is 32.9 Å². The van der Waals surface area contributed by atoms with Crippen LogP contribution in [-0.2, 0) is 4.74 Å². The number of nitrogens with two attached hydrogens (primary N) is 1. The topological polar surface area (TPSA) is 75.8 Å². The number of piperidine rings is 1. The van der Waals surface area contributed by atoms with Gasteiger partial charge in [0.05, 0.1) is 0 Å². The summed E-state index contributed by atoms with van der Waals surface area (Å²) in [4.78, 5) is 13.9. The van der Waals surface area contributed by atoms with Crippen molar-refractivity contribution in [1.29, 1.82) is 0 Å². The monoisotopic (exact) mass is 306 g/mol. The van der Waals surface area contributed by atoms with Gasteiger partial charge in [0.25, 0.3) is 0 Å². The lowest BCUT2D eigenvalue weighted by Crippen LogP contribution is -2.45. The average molecular weight is 306 g/mol. The summed E-state index contributed by atoms with van der Waals surface area (Å²) in [6.45, 7) is 6.84. The van der Waals surface area contributed by atoms with Crippen molar-refractivity contribution in [3.8, 4) is 5.75 Å². The first kappa shape index (κ1) is 16.6.